The smallest absolute Gasteiger partial charge is 0.223 e. The molecule has 4 saturated carbocycles. The Bertz CT molecular complexity index is 610. The van der Waals surface area contributed by atoms with E-state index in [0.29, 0.717) is 24.8 Å². The summed E-state index contributed by atoms with van der Waals surface area (Å²) in [6.45, 7) is 2.35. The van der Waals surface area contributed by atoms with E-state index >= 15 is 0 Å². The maximum absolute atomic E-state index is 12.7. The Hall–Kier alpha value is -1.36. The number of carbonyl (C=O) groups excluding carboxylic acids is 1. The molecule has 4 aliphatic rings. The summed E-state index contributed by atoms with van der Waals surface area (Å²) in [5.74, 6) is 2.18. The Morgan fingerprint density at radius 2 is 2.09 bits per heavy atom. The first kappa shape index (κ1) is 15.2. The molecule has 126 valence electrons. The van der Waals surface area contributed by atoms with Crippen LogP contribution >= 0.6 is 0 Å². The van der Waals surface area contributed by atoms with Crippen LogP contribution in [0, 0.1) is 24.2 Å². The fraction of sp³-hybridized carbons (Fsp3) is 0.778. The molecular weight excluding hydrogens is 292 g/mol. The second-order valence-corrected chi connectivity index (χ2v) is 8.54. The molecular formula is C18H26N2O3. The number of hydrogen-bond donors (Lipinski definition) is 1. The quantitative estimate of drug-likeness (QED) is 0.927. The molecule has 4 bridgehead atoms. The lowest BCUT2D eigenvalue weighted by Crippen LogP contribution is -2.56. The maximum atomic E-state index is 12.7. The van der Waals surface area contributed by atoms with Gasteiger partial charge in [0.05, 0.1) is 12.1 Å². The second kappa shape index (κ2) is 5.07. The van der Waals surface area contributed by atoms with Crippen molar-refractivity contribution < 1.29 is 14.4 Å². The van der Waals surface area contributed by atoms with Gasteiger partial charge in [-0.3, -0.25) is 4.79 Å². The van der Waals surface area contributed by atoms with Crippen molar-refractivity contribution in [3.8, 4) is 0 Å². The minimum absolute atomic E-state index is 0.0317. The molecule has 2 unspecified atom stereocenters. The van der Waals surface area contributed by atoms with Gasteiger partial charge in [0.25, 0.3) is 0 Å². The number of aliphatic hydroxyl groups is 1. The molecule has 4 aliphatic carbocycles. The highest BCUT2D eigenvalue weighted by Crippen LogP contribution is 2.62. The van der Waals surface area contributed by atoms with Gasteiger partial charge in [-0.2, -0.15) is 0 Å². The van der Waals surface area contributed by atoms with Crippen LogP contribution in [0.3, 0.4) is 0 Å². The van der Waals surface area contributed by atoms with Gasteiger partial charge in [-0.25, -0.2) is 0 Å². The Morgan fingerprint density at radius 1 is 1.39 bits per heavy atom. The Labute approximate surface area is 137 Å². The molecule has 5 nitrogen and oxygen atoms in total. The Balaban J connectivity index is 1.44. The van der Waals surface area contributed by atoms with Crippen LogP contribution in [0.5, 0.6) is 0 Å². The summed E-state index contributed by atoms with van der Waals surface area (Å²) in [7, 11) is 1.83. The van der Waals surface area contributed by atoms with E-state index in [-0.39, 0.29) is 11.3 Å². The number of nitrogens with zero attached hydrogens (tertiary/aromatic N) is 2. The van der Waals surface area contributed by atoms with E-state index in [1.165, 1.54) is 6.42 Å². The minimum Gasteiger partial charge on any atom is -0.390 e. The van der Waals surface area contributed by atoms with E-state index in [4.69, 9.17) is 4.52 Å². The van der Waals surface area contributed by atoms with Crippen molar-refractivity contribution in [3.05, 3.63) is 17.5 Å². The highest BCUT2D eigenvalue weighted by Gasteiger charge is 2.57. The Morgan fingerprint density at radius 3 is 2.65 bits per heavy atom. The molecule has 1 heterocycles. The highest BCUT2D eigenvalue weighted by molar-refractivity contribution is 5.76. The summed E-state index contributed by atoms with van der Waals surface area (Å²) in [6.07, 6.45) is 6.78. The third-order valence-electron chi connectivity index (χ3n) is 6.18. The predicted octanol–water partition coefficient (Wildman–Crippen LogP) is 2.66. The third-order valence-corrected chi connectivity index (χ3v) is 6.18. The van der Waals surface area contributed by atoms with Crippen LogP contribution in [0.1, 0.15) is 56.4 Å². The summed E-state index contributed by atoms with van der Waals surface area (Å²) in [5.41, 5.74) is 0.332. The van der Waals surface area contributed by atoms with Crippen LogP contribution in [0.4, 0.5) is 0 Å². The summed E-state index contributed by atoms with van der Waals surface area (Å²) in [4.78, 5) is 14.5. The molecule has 1 aromatic rings. The molecule has 23 heavy (non-hydrogen) atoms. The Kier molecular flexibility index (Phi) is 3.34. The predicted molar refractivity (Wildman–Crippen MR) is 84.4 cm³/mol. The van der Waals surface area contributed by atoms with Gasteiger partial charge in [0.2, 0.25) is 5.91 Å². The molecule has 4 fully saturated rings. The van der Waals surface area contributed by atoms with Gasteiger partial charge in [-0.05, 0) is 62.7 Å². The molecule has 0 aromatic carbocycles. The van der Waals surface area contributed by atoms with Gasteiger partial charge in [0, 0.05) is 19.5 Å². The molecule has 0 saturated heterocycles. The summed E-state index contributed by atoms with van der Waals surface area (Å²) in [5, 5.41) is 14.8. The zero-order valence-corrected chi connectivity index (χ0v) is 14.0. The van der Waals surface area contributed by atoms with Crippen LogP contribution in [0.2, 0.25) is 0 Å². The molecule has 1 N–H and O–H groups in total. The van der Waals surface area contributed by atoms with Gasteiger partial charge in [0.1, 0.15) is 11.5 Å². The zero-order valence-electron chi connectivity index (χ0n) is 14.0. The molecule has 0 aliphatic heterocycles. The summed E-state index contributed by atoms with van der Waals surface area (Å²) >= 11 is 0. The largest absolute Gasteiger partial charge is 0.390 e. The average Bonchev–Trinajstić information content (AvgIpc) is 2.80. The van der Waals surface area contributed by atoms with Crippen LogP contribution in [-0.4, -0.2) is 33.7 Å². The average molecular weight is 318 g/mol. The lowest BCUT2D eigenvalue weighted by atomic mass is 9.47. The van der Waals surface area contributed by atoms with Crippen molar-refractivity contribution in [2.75, 3.05) is 7.05 Å². The normalized spacial score (nSPS) is 38.0. The van der Waals surface area contributed by atoms with Crippen molar-refractivity contribution in [1.82, 2.24) is 10.1 Å². The highest BCUT2D eigenvalue weighted by atomic mass is 16.5. The van der Waals surface area contributed by atoms with Gasteiger partial charge >= 0.3 is 0 Å². The van der Waals surface area contributed by atoms with Crippen LogP contribution in [0.25, 0.3) is 0 Å². The number of amides is 1. The van der Waals surface area contributed by atoms with Crippen molar-refractivity contribution >= 4 is 5.91 Å². The molecule has 5 heteroatoms. The third kappa shape index (κ3) is 2.80. The number of rotatable bonds is 4. The molecule has 2 atom stereocenters. The molecule has 0 spiro atoms. The van der Waals surface area contributed by atoms with E-state index in [1.807, 2.05) is 20.0 Å². The van der Waals surface area contributed by atoms with E-state index < -0.39 is 5.60 Å². The van der Waals surface area contributed by atoms with Gasteiger partial charge < -0.3 is 14.5 Å². The van der Waals surface area contributed by atoms with Gasteiger partial charge in [0.15, 0.2) is 0 Å². The molecule has 5 rings (SSSR count). The fourth-order valence-electron chi connectivity index (χ4n) is 5.89. The van der Waals surface area contributed by atoms with Crippen molar-refractivity contribution in [2.24, 2.45) is 17.3 Å². The van der Waals surface area contributed by atoms with Gasteiger partial charge in [-0.1, -0.05) is 5.16 Å². The van der Waals surface area contributed by atoms with Crippen molar-refractivity contribution in [2.45, 2.75) is 64.0 Å². The first-order chi connectivity index (χ1) is 10.8. The van der Waals surface area contributed by atoms with Crippen LogP contribution in [0.15, 0.2) is 10.6 Å². The summed E-state index contributed by atoms with van der Waals surface area (Å²) < 4.78 is 5.07. The van der Waals surface area contributed by atoms with E-state index in [9.17, 15) is 9.90 Å². The number of aromatic nitrogens is 1. The van der Waals surface area contributed by atoms with Gasteiger partial charge in [-0.15, -0.1) is 0 Å². The number of hydrogen-bond acceptors (Lipinski definition) is 4. The topological polar surface area (TPSA) is 66.6 Å². The number of carbonyl (C=O) groups is 1. The van der Waals surface area contributed by atoms with Crippen molar-refractivity contribution in [3.63, 3.8) is 0 Å². The van der Waals surface area contributed by atoms with E-state index in [1.54, 1.807) is 4.90 Å². The summed E-state index contributed by atoms with van der Waals surface area (Å²) in [6, 6.07) is 1.87. The minimum atomic E-state index is -0.494. The van der Waals surface area contributed by atoms with E-state index in [2.05, 4.69) is 5.16 Å². The number of aryl methyl sites for hydroxylation is 1. The lowest BCUT2D eigenvalue weighted by Gasteiger charge is -2.60. The SMILES string of the molecule is Cc1cc(CN(C)C(=O)CC23CC4CC(CC(O)(C4)C2)C3)no1. The fourth-order valence-corrected chi connectivity index (χ4v) is 5.89. The first-order valence-electron chi connectivity index (χ1n) is 8.73. The van der Waals surface area contributed by atoms with E-state index in [0.717, 1.165) is 43.6 Å². The second-order valence-electron chi connectivity index (χ2n) is 8.54. The maximum Gasteiger partial charge on any atom is 0.223 e. The van der Waals surface area contributed by atoms with Crippen LogP contribution in [-0.2, 0) is 11.3 Å². The zero-order chi connectivity index (χ0) is 16.2. The molecule has 1 amide bonds. The first-order valence-corrected chi connectivity index (χ1v) is 8.73. The monoisotopic (exact) mass is 318 g/mol. The van der Waals surface area contributed by atoms with Crippen molar-refractivity contribution in [1.29, 1.82) is 0 Å². The molecule has 0 radical (unpaired) electrons. The molecule has 1 aromatic heterocycles. The standard InChI is InChI=1S/C18H26N2O3/c1-12-3-15(19-23-12)10-20(2)16(21)9-17-5-13-4-14(6-17)8-18(22,7-13)11-17/h3,13-14,22H,4-11H2,1-2H3. The van der Waals surface area contributed by atoms with Crippen LogP contribution < -0.4 is 0 Å². The lowest BCUT2D eigenvalue weighted by molar-refractivity contribution is -0.171.